The van der Waals surface area contributed by atoms with Crippen LogP contribution in [0.5, 0.6) is 17.2 Å². The predicted octanol–water partition coefficient (Wildman–Crippen LogP) is 7.91. The van der Waals surface area contributed by atoms with Gasteiger partial charge in [-0.25, -0.2) is 4.39 Å². The lowest BCUT2D eigenvalue weighted by Gasteiger charge is -2.46. The van der Waals surface area contributed by atoms with Crippen LogP contribution in [0.1, 0.15) is 45.6 Å². The lowest BCUT2D eigenvalue weighted by molar-refractivity contribution is 0.127. The van der Waals surface area contributed by atoms with Crippen molar-refractivity contribution in [1.29, 1.82) is 0 Å². The summed E-state index contributed by atoms with van der Waals surface area (Å²) in [7, 11) is 3.39. The van der Waals surface area contributed by atoms with Crippen LogP contribution in [0.4, 0.5) is 4.39 Å². The predicted molar refractivity (Wildman–Crippen MR) is 161 cm³/mol. The summed E-state index contributed by atoms with van der Waals surface area (Å²) in [6.07, 6.45) is 1.72. The van der Waals surface area contributed by atoms with Crippen LogP contribution in [0.2, 0.25) is 0 Å². The molecular weight excluding hydrogens is 583 g/mol. The van der Waals surface area contributed by atoms with Crippen molar-refractivity contribution in [3.63, 3.8) is 0 Å². The van der Waals surface area contributed by atoms with Crippen LogP contribution in [-0.4, -0.2) is 30.6 Å². The van der Waals surface area contributed by atoms with Gasteiger partial charge in [-0.05, 0) is 95.3 Å². The number of benzene rings is 4. The average molecular weight is 614 g/mol. The molecule has 0 radical (unpaired) electrons. The Hall–Kier alpha value is -3.81. The molecule has 0 amide bonds. The van der Waals surface area contributed by atoms with E-state index in [1.54, 1.807) is 26.4 Å². The third-order valence-corrected chi connectivity index (χ3v) is 9.00. The average Bonchev–Trinajstić information content (AvgIpc) is 3.37. The van der Waals surface area contributed by atoms with Crippen LogP contribution >= 0.6 is 15.9 Å². The molecule has 0 aliphatic carbocycles. The molecule has 7 rings (SSSR count). The van der Waals surface area contributed by atoms with E-state index in [0.29, 0.717) is 6.61 Å². The maximum absolute atomic E-state index is 14.0. The molecule has 0 spiro atoms. The first-order valence-electron chi connectivity index (χ1n) is 13.8. The maximum Gasteiger partial charge on any atom is 0.162 e. The molecule has 0 saturated heterocycles. The van der Waals surface area contributed by atoms with E-state index in [9.17, 15) is 4.39 Å². The van der Waals surface area contributed by atoms with E-state index in [1.807, 2.05) is 30.3 Å². The van der Waals surface area contributed by atoms with E-state index in [0.717, 1.165) is 57.8 Å². The van der Waals surface area contributed by atoms with Crippen LogP contribution in [0.25, 0.3) is 10.9 Å². The number of ether oxygens (including phenoxy) is 3. The first-order chi connectivity index (χ1) is 20.0. The van der Waals surface area contributed by atoms with Gasteiger partial charge in [-0.1, -0.05) is 40.2 Å². The maximum atomic E-state index is 14.0. The first kappa shape index (κ1) is 26.1. The standard InChI is InChI=1S/C34H30BrFN2O3/c1-39-25-11-12-29-27(16-25)28-17-30-26-18-32(41-19-20-3-7-23(35)8-4-20)31(40-2)15-22(26)13-14-38(30)34(33(28)37-29)21-5-9-24(36)10-6-21/h3-12,15-16,18,30,34,37H,13-14,17,19H2,1-2H3. The number of hydrogen-bond acceptors (Lipinski definition) is 4. The second-order valence-corrected chi connectivity index (χ2v) is 11.6. The van der Waals surface area contributed by atoms with Crippen LogP contribution in [0.15, 0.2) is 83.3 Å². The summed E-state index contributed by atoms with van der Waals surface area (Å²) in [5, 5.41) is 1.17. The highest BCUT2D eigenvalue weighted by molar-refractivity contribution is 9.10. The molecule has 4 aromatic carbocycles. The molecular formula is C34H30BrFN2O3. The van der Waals surface area contributed by atoms with Crippen molar-refractivity contribution in [2.45, 2.75) is 31.5 Å². The molecule has 0 bridgehead atoms. The van der Waals surface area contributed by atoms with E-state index in [4.69, 9.17) is 14.2 Å². The molecule has 0 fully saturated rings. The molecule has 2 aliphatic heterocycles. The molecule has 1 N–H and O–H groups in total. The van der Waals surface area contributed by atoms with E-state index in [1.165, 1.54) is 27.8 Å². The number of aromatic amines is 1. The minimum Gasteiger partial charge on any atom is -0.497 e. The summed E-state index contributed by atoms with van der Waals surface area (Å²) in [4.78, 5) is 6.27. The summed E-state index contributed by atoms with van der Waals surface area (Å²) in [6, 6.07) is 25.7. The highest BCUT2D eigenvalue weighted by Crippen LogP contribution is 2.50. The minimum atomic E-state index is -0.230. The molecule has 41 heavy (non-hydrogen) atoms. The number of H-pyrrole nitrogens is 1. The molecule has 2 atom stereocenters. The molecule has 7 heteroatoms. The van der Waals surface area contributed by atoms with E-state index in [2.05, 4.69) is 62.2 Å². The highest BCUT2D eigenvalue weighted by atomic mass is 79.9. The lowest BCUT2D eigenvalue weighted by atomic mass is 9.80. The second-order valence-electron chi connectivity index (χ2n) is 10.7. The number of halogens is 2. The monoisotopic (exact) mass is 612 g/mol. The fourth-order valence-corrected chi connectivity index (χ4v) is 6.73. The third kappa shape index (κ3) is 4.67. The van der Waals surface area contributed by atoms with Gasteiger partial charge in [-0.3, -0.25) is 4.90 Å². The fourth-order valence-electron chi connectivity index (χ4n) is 6.47. The summed E-state index contributed by atoms with van der Waals surface area (Å²) in [5.74, 6) is 2.09. The van der Waals surface area contributed by atoms with Crippen molar-refractivity contribution in [2.24, 2.45) is 0 Å². The third-order valence-electron chi connectivity index (χ3n) is 8.47. The van der Waals surface area contributed by atoms with Crippen LogP contribution in [0.3, 0.4) is 0 Å². The zero-order valence-corrected chi connectivity index (χ0v) is 24.5. The van der Waals surface area contributed by atoms with E-state index < -0.39 is 0 Å². The van der Waals surface area contributed by atoms with Crippen LogP contribution in [0, 0.1) is 5.82 Å². The molecule has 5 nitrogen and oxygen atoms in total. The zero-order valence-electron chi connectivity index (χ0n) is 22.9. The molecule has 1 aromatic heterocycles. The SMILES string of the molecule is COc1ccc2[nH]c3c(c2c1)CC1c2cc(OCc4ccc(Br)cc4)c(OC)cc2CCN1C3c1ccc(F)cc1. The Morgan fingerprint density at radius 2 is 1.73 bits per heavy atom. The van der Waals surface area contributed by atoms with Crippen molar-refractivity contribution >= 4 is 26.8 Å². The Balaban J connectivity index is 1.33. The Kier molecular flexibility index (Phi) is 6.72. The number of methoxy groups -OCH3 is 2. The Morgan fingerprint density at radius 1 is 0.927 bits per heavy atom. The highest BCUT2D eigenvalue weighted by Gasteiger charge is 2.41. The largest absolute Gasteiger partial charge is 0.497 e. The van der Waals surface area contributed by atoms with Gasteiger partial charge >= 0.3 is 0 Å². The van der Waals surface area contributed by atoms with Crippen LogP contribution in [-0.2, 0) is 19.4 Å². The summed E-state index contributed by atoms with van der Waals surface area (Å²) < 4.78 is 32.8. The van der Waals surface area contributed by atoms with Gasteiger partial charge in [0, 0.05) is 33.7 Å². The molecule has 208 valence electrons. The van der Waals surface area contributed by atoms with Gasteiger partial charge in [-0.2, -0.15) is 0 Å². The van der Waals surface area contributed by atoms with Gasteiger partial charge in [0.15, 0.2) is 11.5 Å². The van der Waals surface area contributed by atoms with Crippen LogP contribution < -0.4 is 14.2 Å². The Morgan fingerprint density at radius 3 is 2.49 bits per heavy atom. The van der Waals surface area contributed by atoms with Crippen molar-refractivity contribution in [3.8, 4) is 17.2 Å². The number of aromatic nitrogens is 1. The number of rotatable bonds is 6. The Labute approximate surface area is 247 Å². The Bertz CT molecular complexity index is 1730. The smallest absolute Gasteiger partial charge is 0.162 e. The van der Waals surface area contributed by atoms with Gasteiger partial charge in [0.05, 0.1) is 20.3 Å². The van der Waals surface area contributed by atoms with Gasteiger partial charge in [0.25, 0.3) is 0 Å². The normalized spacial score (nSPS) is 18.0. The number of nitrogens with zero attached hydrogens (tertiary/aromatic N) is 1. The first-order valence-corrected chi connectivity index (χ1v) is 14.6. The summed E-state index contributed by atoms with van der Waals surface area (Å²) in [5.41, 5.74) is 8.20. The second kappa shape index (κ2) is 10.5. The summed E-state index contributed by atoms with van der Waals surface area (Å²) >= 11 is 3.50. The number of fused-ring (bicyclic) bond motifs is 6. The zero-order chi connectivity index (χ0) is 28.1. The molecule has 2 aliphatic rings. The topological polar surface area (TPSA) is 46.7 Å². The van der Waals surface area contributed by atoms with Gasteiger partial charge < -0.3 is 19.2 Å². The minimum absolute atomic E-state index is 0.0369. The quantitative estimate of drug-likeness (QED) is 0.212. The van der Waals surface area contributed by atoms with Gasteiger partial charge in [0.2, 0.25) is 0 Å². The van der Waals surface area contributed by atoms with Crippen molar-refractivity contribution in [3.05, 3.63) is 123 Å². The van der Waals surface area contributed by atoms with Gasteiger partial charge in [-0.15, -0.1) is 0 Å². The van der Waals surface area contributed by atoms with Crippen molar-refractivity contribution < 1.29 is 18.6 Å². The molecule has 5 aromatic rings. The van der Waals surface area contributed by atoms with E-state index >= 15 is 0 Å². The van der Waals surface area contributed by atoms with E-state index in [-0.39, 0.29) is 17.9 Å². The summed E-state index contributed by atoms with van der Waals surface area (Å²) in [6.45, 7) is 1.32. The van der Waals surface area contributed by atoms with Crippen molar-refractivity contribution in [1.82, 2.24) is 9.88 Å². The van der Waals surface area contributed by atoms with Crippen molar-refractivity contribution in [2.75, 3.05) is 20.8 Å². The molecule has 0 saturated carbocycles. The lowest BCUT2D eigenvalue weighted by Crippen LogP contribution is -2.43. The molecule has 2 unspecified atom stereocenters. The number of nitrogens with one attached hydrogen (secondary N) is 1. The molecule has 3 heterocycles. The number of hydrogen-bond donors (Lipinski definition) is 1. The fraction of sp³-hybridized carbons (Fsp3) is 0.235. The van der Waals surface area contributed by atoms with Gasteiger partial charge in [0.1, 0.15) is 18.2 Å².